The maximum absolute atomic E-state index is 4.74. The molecule has 0 spiro atoms. The van der Waals surface area contributed by atoms with Crippen molar-refractivity contribution in [3.05, 3.63) is 29.3 Å². The summed E-state index contributed by atoms with van der Waals surface area (Å²) in [4.78, 5) is 4.74. The largest absolute Gasteiger partial charge is 0.258 e. The highest BCUT2D eigenvalue weighted by Crippen LogP contribution is 2.26. The van der Waals surface area contributed by atoms with Crippen molar-refractivity contribution in [2.45, 2.75) is 47.0 Å². The molecule has 0 saturated carbocycles. The molecule has 0 N–H and O–H groups in total. The maximum atomic E-state index is 4.74. The second-order valence-electron chi connectivity index (χ2n) is 3.83. The Morgan fingerprint density at radius 1 is 1.07 bits per heavy atom. The molecule has 0 saturated heterocycles. The Morgan fingerprint density at radius 3 is 2.00 bits per heavy atom. The summed E-state index contributed by atoms with van der Waals surface area (Å²) in [5, 5.41) is 0. The lowest BCUT2D eigenvalue weighted by molar-refractivity contribution is 1.07. The standard InChI is InChI=1S/C14H21N/c1-5-11(4)15-14-12(6-2)9-8-10-13(14)7-3/h8-10H,5-7H2,1-4H3. The van der Waals surface area contributed by atoms with Crippen molar-refractivity contribution in [2.75, 3.05) is 0 Å². The van der Waals surface area contributed by atoms with Crippen LogP contribution in [0.4, 0.5) is 5.69 Å². The SMILES string of the molecule is CCC(C)=Nc1c(CC)cccc1CC. The fourth-order valence-corrected chi connectivity index (χ4v) is 1.63. The van der Waals surface area contributed by atoms with E-state index in [1.54, 1.807) is 0 Å². The van der Waals surface area contributed by atoms with Gasteiger partial charge < -0.3 is 0 Å². The Bertz CT molecular complexity index is 328. The van der Waals surface area contributed by atoms with Gasteiger partial charge in [0, 0.05) is 5.71 Å². The molecule has 0 aliphatic carbocycles. The molecule has 0 unspecified atom stereocenters. The Hall–Kier alpha value is -1.11. The molecular formula is C14H21N. The molecule has 1 heteroatoms. The Balaban J connectivity index is 3.22. The molecule has 0 aliphatic rings. The average Bonchev–Trinajstić information content (AvgIpc) is 2.29. The van der Waals surface area contributed by atoms with Gasteiger partial charge in [0.2, 0.25) is 0 Å². The van der Waals surface area contributed by atoms with Crippen LogP contribution in [-0.4, -0.2) is 5.71 Å². The normalized spacial score (nSPS) is 11.9. The van der Waals surface area contributed by atoms with Gasteiger partial charge in [0.1, 0.15) is 0 Å². The van der Waals surface area contributed by atoms with E-state index in [1.165, 1.54) is 22.5 Å². The van der Waals surface area contributed by atoms with Gasteiger partial charge in [-0.05, 0) is 37.3 Å². The lowest BCUT2D eigenvalue weighted by atomic mass is 10.0. The molecular weight excluding hydrogens is 182 g/mol. The number of aliphatic imine (C=N–C) groups is 1. The molecule has 0 aliphatic heterocycles. The quantitative estimate of drug-likeness (QED) is 0.646. The number of benzene rings is 1. The second-order valence-corrected chi connectivity index (χ2v) is 3.83. The van der Waals surface area contributed by atoms with Crippen molar-refractivity contribution >= 4 is 11.4 Å². The lowest BCUT2D eigenvalue weighted by Gasteiger charge is -2.09. The lowest BCUT2D eigenvalue weighted by Crippen LogP contribution is -1.92. The number of hydrogen-bond donors (Lipinski definition) is 0. The molecule has 1 aromatic carbocycles. The first kappa shape index (κ1) is 12.0. The van der Waals surface area contributed by atoms with E-state index in [0.29, 0.717) is 0 Å². The zero-order valence-electron chi connectivity index (χ0n) is 10.3. The first-order valence-corrected chi connectivity index (χ1v) is 5.87. The zero-order chi connectivity index (χ0) is 11.3. The minimum absolute atomic E-state index is 1.03. The first-order valence-electron chi connectivity index (χ1n) is 5.87. The van der Waals surface area contributed by atoms with E-state index in [4.69, 9.17) is 4.99 Å². The van der Waals surface area contributed by atoms with Gasteiger partial charge in [-0.3, -0.25) is 4.99 Å². The van der Waals surface area contributed by atoms with Crippen molar-refractivity contribution < 1.29 is 0 Å². The molecule has 15 heavy (non-hydrogen) atoms. The smallest absolute Gasteiger partial charge is 0.0692 e. The van der Waals surface area contributed by atoms with Crippen LogP contribution in [0.3, 0.4) is 0 Å². The van der Waals surface area contributed by atoms with Crippen LogP contribution < -0.4 is 0 Å². The molecule has 1 aromatic rings. The van der Waals surface area contributed by atoms with Crippen LogP contribution in [0.15, 0.2) is 23.2 Å². The van der Waals surface area contributed by atoms with Gasteiger partial charge in [-0.1, -0.05) is 39.0 Å². The molecule has 0 radical (unpaired) electrons. The van der Waals surface area contributed by atoms with Crippen LogP contribution >= 0.6 is 0 Å². The minimum atomic E-state index is 1.03. The number of aryl methyl sites for hydroxylation is 2. The summed E-state index contributed by atoms with van der Waals surface area (Å²) in [6, 6.07) is 6.50. The molecule has 1 rings (SSSR count). The highest BCUT2D eigenvalue weighted by molar-refractivity contribution is 5.85. The predicted molar refractivity (Wildman–Crippen MR) is 68.3 cm³/mol. The van der Waals surface area contributed by atoms with E-state index in [0.717, 1.165) is 19.3 Å². The van der Waals surface area contributed by atoms with Crippen molar-refractivity contribution in [3.8, 4) is 0 Å². The Morgan fingerprint density at radius 2 is 1.60 bits per heavy atom. The molecule has 0 fully saturated rings. The van der Waals surface area contributed by atoms with Crippen LogP contribution in [0.2, 0.25) is 0 Å². The van der Waals surface area contributed by atoms with E-state index in [-0.39, 0.29) is 0 Å². The highest BCUT2D eigenvalue weighted by Gasteiger charge is 2.04. The van der Waals surface area contributed by atoms with Gasteiger partial charge in [-0.15, -0.1) is 0 Å². The summed E-state index contributed by atoms with van der Waals surface area (Å²) in [7, 11) is 0. The van der Waals surface area contributed by atoms with Crippen molar-refractivity contribution in [3.63, 3.8) is 0 Å². The predicted octanol–water partition coefficient (Wildman–Crippen LogP) is 4.31. The summed E-state index contributed by atoms with van der Waals surface area (Å²) in [5.41, 5.74) is 5.15. The van der Waals surface area contributed by atoms with E-state index >= 15 is 0 Å². The molecule has 0 aromatic heterocycles. The minimum Gasteiger partial charge on any atom is -0.258 e. The van der Waals surface area contributed by atoms with Crippen LogP contribution in [0.5, 0.6) is 0 Å². The maximum Gasteiger partial charge on any atom is 0.0692 e. The fraction of sp³-hybridized carbons (Fsp3) is 0.500. The summed E-state index contributed by atoms with van der Waals surface area (Å²) in [5.74, 6) is 0. The van der Waals surface area contributed by atoms with Crippen LogP contribution in [-0.2, 0) is 12.8 Å². The molecule has 82 valence electrons. The van der Waals surface area contributed by atoms with Gasteiger partial charge in [0.05, 0.1) is 5.69 Å². The summed E-state index contributed by atoms with van der Waals surface area (Å²) < 4.78 is 0. The Kier molecular flexibility index (Phi) is 4.54. The highest BCUT2D eigenvalue weighted by atomic mass is 14.7. The van der Waals surface area contributed by atoms with Gasteiger partial charge in [-0.25, -0.2) is 0 Å². The van der Waals surface area contributed by atoms with E-state index < -0.39 is 0 Å². The van der Waals surface area contributed by atoms with E-state index in [2.05, 4.69) is 45.9 Å². The number of nitrogens with zero attached hydrogens (tertiary/aromatic N) is 1. The molecule has 1 nitrogen and oxygen atoms in total. The van der Waals surface area contributed by atoms with Gasteiger partial charge >= 0.3 is 0 Å². The van der Waals surface area contributed by atoms with Crippen LogP contribution in [0.25, 0.3) is 0 Å². The third-order valence-electron chi connectivity index (χ3n) is 2.78. The van der Waals surface area contributed by atoms with Crippen molar-refractivity contribution in [2.24, 2.45) is 4.99 Å². The molecule has 0 atom stereocenters. The second kappa shape index (κ2) is 5.69. The summed E-state index contributed by atoms with van der Waals surface area (Å²) >= 11 is 0. The van der Waals surface area contributed by atoms with Crippen LogP contribution in [0.1, 0.15) is 45.2 Å². The monoisotopic (exact) mass is 203 g/mol. The number of rotatable bonds is 4. The molecule has 0 heterocycles. The molecule has 0 amide bonds. The fourth-order valence-electron chi connectivity index (χ4n) is 1.63. The molecule has 0 bridgehead atoms. The number of hydrogen-bond acceptors (Lipinski definition) is 1. The topological polar surface area (TPSA) is 12.4 Å². The number of para-hydroxylation sites is 1. The van der Waals surface area contributed by atoms with Crippen molar-refractivity contribution in [1.29, 1.82) is 0 Å². The van der Waals surface area contributed by atoms with Crippen LogP contribution in [0, 0.1) is 0 Å². The van der Waals surface area contributed by atoms with E-state index in [9.17, 15) is 0 Å². The first-order chi connectivity index (χ1) is 7.22. The third-order valence-corrected chi connectivity index (χ3v) is 2.78. The van der Waals surface area contributed by atoms with Crippen molar-refractivity contribution in [1.82, 2.24) is 0 Å². The van der Waals surface area contributed by atoms with Gasteiger partial charge in [-0.2, -0.15) is 0 Å². The van der Waals surface area contributed by atoms with Gasteiger partial charge in [0.15, 0.2) is 0 Å². The average molecular weight is 203 g/mol. The van der Waals surface area contributed by atoms with E-state index in [1.807, 2.05) is 0 Å². The summed E-state index contributed by atoms with van der Waals surface area (Å²) in [6.07, 6.45) is 3.15. The third kappa shape index (κ3) is 2.92. The Labute approximate surface area is 93.2 Å². The summed E-state index contributed by atoms with van der Waals surface area (Å²) in [6.45, 7) is 8.63. The van der Waals surface area contributed by atoms with Gasteiger partial charge in [0.25, 0.3) is 0 Å². The zero-order valence-corrected chi connectivity index (χ0v) is 10.3.